The molecule has 0 bridgehead atoms. The van der Waals surface area contributed by atoms with E-state index in [1.807, 2.05) is 20.8 Å². The van der Waals surface area contributed by atoms with Crippen molar-refractivity contribution in [2.24, 2.45) is 4.99 Å². The third-order valence-corrected chi connectivity index (χ3v) is 6.65. The number of carbonyl (C=O) groups is 1. The van der Waals surface area contributed by atoms with Gasteiger partial charge >= 0.3 is 5.97 Å². The van der Waals surface area contributed by atoms with Gasteiger partial charge in [-0.3, -0.25) is 4.99 Å². The summed E-state index contributed by atoms with van der Waals surface area (Å²) in [6, 6.07) is 0.690. The first-order valence-corrected chi connectivity index (χ1v) is 11.6. The zero-order chi connectivity index (χ0) is 21.2. The van der Waals surface area contributed by atoms with E-state index < -0.39 is 0 Å². The zero-order valence-corrected chi connectivity index (χ0v) is 19.4. The van der Waals surface area contributed by atoms with Crippen LogP contribution in [0.2, 0.25) is 0 Å². The fourth-order valence-corrected chi connectivity index (χ4v) is 4.55. The number of nitrogens with zero attached hydrogens (tertiary/aromatic N) is 3. The summed E-state index contributed by atoms with van der Waals surface area (Å²) >= 11 is 1.38. The Kier molecular flexibility index (Phi) is 9.87. The van der Waals surface area contributed by atoms with Crippen LogP contribution >= 0.6 is 11.3 Å². The van der Waals surface area contributed by atoms with Crippen LogP contribution in [0.1, 0.15) is 79.3 Å². The molecule has 2 unspecified atom stereocenters. The molecule has 1 aliphatic rings. The maximum Gasteiger partial charge on any atom is 0.350 e. The Labute approximate surface area is 179 Å². The predicted molar refractivity (Wildman–Crippen MR) is 120 cm³/mol. The summed E-state index contributed by atoms with van der Waals surface area (Å²) in [5.74, 6) is 0.459. The first-order valence-electron chi connectivity index (χ1n) is 10.8. The molecular formula is C21H37N5O2S. The minimum absolute atomic E-state index is 0.0396. The largest absolute Gasteiger partial charge is 0.462 e. The molecule has 0 aromatic carbocycles. The first-order chi connectivity index (χ1) is 14.0. The van der Waals surface area contributed by atoms with E-state index in [-0.39, 0.29) is 12.0 Å². The number of carbonyl (C=O) groups excluding carboxylic acids is 1. The molecule has 0 aliphatic carbocycles. The molecule has 2 rings (SSSR count). The van der Waals surface area contributed by atoms with Crippen LogP contribution in [0.5, 0.6) is 0 Å². The lowest BCUT2D eigenvalue weighted by Gasteiger charge is -2.33. The molecule has 2 atom stereocenters. The van der Waals surface area contributed by atoms with Gasteiger partial charge in [0.1, 0.15) is 9.88 Å². The molecule has 0 spiro atoms. The molecule has 0 amide bonds. The van der Waals surface area contributed by atoms with E-state index in [2.05, 4.69) is 32.4 Å². The van der Waals surface area contributed by atoms with Crippen molar-refractivity contribution in [1.29, 1.82) is 0 Å². The highest BCUT2D eigenvalue weighted by atomic mass is 32.1. The Bertz CT molecular complexity index is 676. The van der Waals surface area contributed by atoms with Gasteiger partial charge < -0.3 is 20.3 Å². The van der Waals surface area contributed by atoms with E-state index in [1.54, 1.807) is 7.05 Å². The number of unbranched alkanes of at least 4 members (excludes halogenated alkanes) is 1. The molecule has 2 heterocycles. The van der Waals surface area contributed by atoms with Crippen LogP contribution in [0, 0.1) is 6.92 Å². The average Bonchev–Trinajstić information content (AvgIpc) is 3.10. The van der Waals surface area contributed by atoms with Crippen LogP contribution in [0.15, 0.2) is 4.99 Å². The maximum atomic E-state index is 12.0. The number of likely N-dealkylation sites (tertiary alicyclic amines) is 1. The molecule has 0 radical (unpaired) electrons. The van der Waals surface area contributed by atoms with Gasteiger partial charge in [-0.05, 0) is 66.5 Å². The summed E-state index contributed by atoms with van der Waals surface area (Å²) in [5.41, 5.74) is 0.715. The Morgan fingerprint density at radius 3 is 2.90 bits per heavy atom. The second kappa shape index (κ2) is 12.1. The van der Waals surface area contributed by atoms with Gasteiger partial charge in [-0.25, -0.2) is 9.78 Å². The molecule has 1 saturated heterocycles. The number of rotatable bonds is 9. The van der Waals surface area contributed by atoms with Crippen LogP contribution < -0.4 is 10.6 Å². The standard InChI is InChI=1S/C21H37N5O2S/c1-6-28-20(27)18-16(3)24-19(29-18)17(4)25-21(22-5)23-12-8-10-14-26-13-9-7-11-15(26)2/h15,17H,6-14H2,1-5H3,(H2,22,23,25). The fraction of sp³-hybridized carbons (Fsp3) is 0.762. The number of aliphatic imine (C=N–C) groups is 1. The highest BCUT2D eigenvalue weighted by Gasteiger charge is 2.20. The van der Waals surface area contributed by atoms with Crippen LogP contribution in [0.4, 0.5) is 0 Å². The van der Waals surface area contributed by atoms with Crippen molar-refractivity contribution in [3.05, 3.63) is 15.6 Å². The highest BCUT2D eigenvalue weighted by molar-refractivity contribution is 7.13. The first kappa shape index (κ1) is 23.6. The SMILES string of the molecule is CCOC(=O)c1sc(C(C)NC(=NC)NCCCCN2CCCCC2C)nc1C. The molecule has 1 aromatic rings. The Morgan fingerprint density at radius 2 is 2.21 bits per heavy atom. The number of aryl methyl sites for hydroxylation is 1. The second-order valence-electron chi connectivity index (χ2n) is 7.64. The number of aromatic nitrogens is 1. The Hall–Kier alpha value is -1.67. The summed E-state index contributed by atoms with van der Waals surface area (Å²) in [5, 5.41) is 7.61. The van der Waals surface area contributed by atoms with Crippen molar-refractivity contribution >= 4 is 23.3 Å². The predicted octanol–water partition coefficient (Wildman–Crippen LogP) is 3.51. The Morgan fingerprint density at radius 1 is 1.41 bits per heavy atom. The molecule has 2 N–H and O–H groups in total. The number of piperidine rings is 1. The lowest BCUT2D eigenvalue weighted by molar-refractivity contribution is 0.0531. The van der Waals surface area contributed by atoms with Crippen molar-refractivity contribution in [2.75, 3.05) is 33.3 Å². The Balaban J connectivity index is 1.75. The number of guanidine groups is 1. The molecule has 0 saturated carbocycles. The number of hydrogen-bond acceptors (Lipinski definition) is 6. The van der Waals surface area contributed by atoms with Gasteiger partial charge in [0, 0.05) is 19.6 Å². The smallest absolute Gasteiger partial charge is 0.350 e. The third-order valence-electron chi connectivity index (χ3n) is 5.33. The molecule has 1 fully saturated rings. The van der Waals surface area contributed by atoms with Crippen LogP contribution in [-0.4, -0.2) is 61.1 Å². The third kappa shape index (κ3) is 7.26. The van der Waals surface area contributed by atoms with Gasteiger partial charge in [0.2, 0.25) is 0 Å². The molecule has 7 nitrogen and oxygen atoms in total. The van der Waals surface area contributed by atoms with Crippen LogP contribution in [-0.2, 0) is 4.74 Å². The van der Waals surface area contributed by atoms with Gasteiger partial charge in [0.15, 0.2) is 5.96 Å². The van der Waals surface area contributed by atoms with E-state index in [4.69, 9.17) is 4.74 Å². The molecule has 1 aliphatic heterocycles. The van der Waals surface area contributed by atoms with Crippen molar-refractivity contribution < 1.29 is 9.53 Å². The monoisotopic (exact) mass is 423 g/mol. The minimum atomic E-state index is -0.300. The van der Waals surface area contributed by atoms with Crippen molar-refractivity contribution in [3.63, 3.8) is 0 Å². The van der Waals surface area contributed by atoms with E-state index >= 15 is 0 Å². The lowest BCUT2D eigenvalue weighted by atomic mass is 10.0. The van der Waals surface area contributed by atoms with Gasteiger partial charge in [-0.1, -0.05) is 6.42 Å². The molecule has 164 valence electrons. The lowest BCUT2D eigenvalue weighted by Crippen LogP contribution is -2.40. The fourth-order valence-electron chi connectivity index (χ4n) is 3.59. The number of thiazole rings is 1. The van der Waals surface area contributed by atoms with Crippen molar-refractivity contribution in [1.82, 2.24) is 20.5 Å². The van der Waals surface area contributed by atoms with E-state index in [9.17, 15) is 4.79 Å². The van der Waals surface area contributed by atoms with Crippen LogP contribution in [0.25, 0.3) is 0 Å². The highest BCUT2D eigenvalue weighted by Crippen LogP contribution is 2.24. The second-order valence-corrected chi connectivity index (χ2v) is 8.67. The van der Waals surface area contributed by atoms with E-state index in [1.165, 1.54) is 50.1 Å². The van der Waals surface area contributed by atoms with Crippen molar-refractivity contribution in [2.45, 2.75) is 71.9 Å². The molecule has 29 heavy (non-hydrogen) atoms. The maximum absolute atomic E-state index is 12.0. The molecule has 8 heteroatoms. The van der Waals surface area contributed by atoms with E-state index in [0.29, 0.717) is 17.2 Å². The van der Waals surface area contributed by atoms with Gasteiger partial charge in [0.25, 0.3) is 0 Å². The summed E-state index contributed by atoms with van der Waals surface area (Å²) in [6.07, 6.45) is 6.35. The number of esters is 1. The van der Waals surface area contributed by atoms with Gasteiger partial charge in [-0.2, -0.15) is 0 Å². The van der Waals surface area contributed by atoms with Gasteiger partial charge in [0.05, 0.1) is 18.3 Å². The van der Waals surface area contributed by atoms with E-state index in [0.717, 1.165) is 30.0 Å². The minimum Gasteiger partial charge on any atom is -0.462 e. The summed E-state index contributed by atoms with van der Waals surface area (Å²) in [4.78, 5) is 24.0. The molecule has 1 aromatic heterocycles. The quantitative estimate of drug-likeness (QED) is 0.274. The molecular weight excluding hydrogens is 386 g/mol. The zero-order valence-electron chi connectivity index (χ0n) is 18.6. The average molecular weight is 424 g/mol. The normalized spacial score (nSPS) is 19.1. The topological polar surface area (TPSA) is 78.8 Å². The number of ether oxygens (including phenoxy) is 1. The summed E-state index contributed by atoms with van der Waals surface area (Å²) < 4.78 is 5.10. The van der Waals surface area contributed by atoms with Crippen molar-refractivity contribution in [3.8, 4) is 0 Å². The van der Waals surface area contributed by atoms with Crippen LogP contribution in [0.3, 0.4) is 0 Å². The summed E-state index contributed by atoms with van der Waals surface area (Å²) in [7, 11) is 1.77. The number of hydrogen-bond donors (Lipinski definition) is 2. The number of nitrogens with one attached hydrogen (secondary N) is 2. The summed E-state index contributed by atoms with van der Waals surface area (Å²) in [6.45, 7) is 11.7. The van der Waals surface area contributed by atoms with Gasteiger partial charge in [-0.15, -0.1) is 11.3 Å².